The van der Waals surface area contributed by atoms with Crippen LogP contribution in [0.15, 0.2) is 28.9 Å². The first-order chi connectivity index (χ1) is 10.9. The molecule has 0 bridgehead atoms. The first-order valence-electron chi connectivity index (χ1n) is 6.13. The lowest BCUT2D eigenvalue weighted by Crippen LogP contribution is -2.11. The second-order valence-electron chi connectivity index (χ2n) is 4.27. The number of benzene rings is 1. The van der Waals surface area contributed by atoms with E-state index in [2.05, 4.69) is 25.4 Å². The van der Waals surface area contributed by atoms with E-state index >= 15 is 0 Å². The highest BCUT2D eigenvalue weighted by Crippen LogP contribution is 2.31. The van der Waals surface area contributed by atoms with Gasteiger partial charge >= 0.3 is 12.6 Å². The van der Waals surface area contributed by atoms with Gasteiger partial charge in [0.1, 0.15) is 11.8 Å². The summed E-state index contributed by atoms with van der Waals surface area (Å²) in [6.45, 7) is -2.95. The largest absolute Gasteiger partial charge is 0.464 e. The van der Waals surface area contributed by atoms with Crippen LogP contribution in [-0.2, 0) is 4.74 Å². The Kier molecular flexibility index (Phi) is 4.86. The number of carbonyl (C=O) groups is 1. The smallest absolute Gasteiger partial charge is 0.387 e. The number of anilines is 1. The zero-order chi connectivity index (χ0) is 17.1. The molecule has 2 N–H and O–H groups in total. The number of esters is 1. The van der Waals surface area contributed by atoms with E-state index in [-0.39, 0.29) is 22.7 Å². The van der Waals surface area contributed by atoms with Gasteiger partial charge in [0.25, 0.3) is 0 Å². The van der Waals surface area contributed by atoms with Crippen LogP contribution in [0.1, 0.15) is 16.1 Å². The summed E-state index contributed by atoms with van der Waals surface area (Å²) < 4.78 is 35.1. The predicted octanol–water partition coefficient (Wildman–Crippen LogP) is 3.08. The average Bonchev–Trinajstić information content (AvgIpc) is 2.82. The van der Waals surface area contributed by atoms with E-state index in [4.69, 9.17) is 11.0 Å². The van der Waals surface area contributed by atoms with Crippen LogP contribution < -0.4 is 10.5 Å². The van der Waals surface area contributed by atoms with Crippen molar-refractivity contribution in [3.8, 4) is 17.5 Å². The number of hydrogen-bond acceptors (Lipinski definition) is 5. The van der Waals surface area contributed by atoms with Gasteiger partial charge in [-0.2, -0.15) is 14.0 Å². The Bertz CT molecular complexity index is 799. The van der Waals surface area contributed by atoms with Crippen LogP contribution in [0.2, 0.25) is 0 Å². The quantitative estimate of drug-likeness (QED) is 0.816. The molecule has 1 heterocycles. The van der Waals surface area contributed by atoms with Crippen LogP contribution in [0.3, 0.4) is 0 Å². The van der Waals surface area contributed by atoms with Crippen molar-refractivity contribution >= 4 is 27.6 Å². The van der Waals surface area contributed by atoms with Crippen LogP contribution in [0.5, 0.6) is 5.75 Å². The summed E-state index contributed by atoms with van der Waals surface area (Å²) in [5.74, 6) is -0.792. The Hall–Kier alpha value is -2.60. The molecule has 9 heteroatoms. The summed E-state index contributed by atoms with van der Waals surface area (Å²) in [4.78, 5) is 11.9. The van der Waals surface area contributed by atoms with Gasteiger partial charge in [0.05, 0.1) is 24.0 Å². The molecule has 0 radical (unpaired) electrons. The molecule has 0 saturated heterocycles. The van der Waals surface area contributed by atoms with E-state index in [1.54, 1.807) is 0 Å². The molecule has 2 rings (SSSR count). The summed E-state index contributed by atoms with van der Waals surface area (Å²) in [7, 11) is 1.18. The highest BCUT2D eigenvalue weighted by atomic mass is 79.9. The number of carbonyl (C=O) groups excluding carboxylic acids is 1. The number of nitrogens with zero attached hydrogens (tertiary/aromatic N) is 2. The molecule has 0 aliphatic rings. The highest BCUT2D eigenvalue weighted by molar-refractivity contribution is 9.10. The van der Waals surface area contributed by atoms with Crippen LogP contribution in [0.25, 0.3) is 5.69 Å². The summed E-state index contributed by atoms with van der Waals surface area (Å²) in [6, 6.07) is 5.92. The van der Waals surface area contributed by atoms with E-state index < -0.39 is 12.6 Å². The van der Waals surface area contributed by atoms with Crippen molar-refractivity contribution in [2.75, 3.05) is 12.8 Å². The number of methoxy groups -OCH3 is 1. The van der Waals surface area contributed by atoms with E-state index in [1.807, 2.05) is 6.07 Å². The molecule has 0 aliphatic heterocycles. The lowest BCUT2D eigenvalue weighted by molar-refractivity contribution is -0.0498. The van der Waals surface area contributed by atoms with Crippen molar-refractivity contribution < 1.29 is 23.0 Å². The summed E-state index contributed by atoms with van der Waals surface area (Å²) in [6.07, 6.45) is 1.36. The van der Waals surface area contributed by atoms with Crippen molar-refractivity contribution in [2.45, 2.75) is 6.61 Å². The fourth-order valence-corrected chi connectivity index (χ4v) is 2.51. The number of aromatic nitrogens is 1. The van der Waals surface area contributed by atoms with Gasteiger partial charge < -0.3 is 19.8 Å². The van der Waals surface area contributed by atoms with Crippen molar-refractivity contribution in [3.63, 3.8) is 0 Å². The van der Waals surface area contributed by atoms with Gasteiger partial charge in [0.2, 0.25) is 0 Å². The molecule has 0 spiro atoms. The zero-order valence-electron chi connectivity index (χ0n) is 11.7. The van der Waals surface area contributed by atoms with Crippen LogP contribution in [0.4, 0.5) is 14.5 Å². The van der Waals surface area contributed by atoms with Crippen molar-refractivity contribution in [1.82, 2.24) is 4.57 Å². The molecule has 0 atom stereocenters. The molecule has 0 fully saturated rings. The maximum Gasteiger partial charge on any atom is 0.387 e. The minimum absolute atomic E-state index is 0.0286. The number of alkyl halides is 2. The van der Waals surface area contributed by atoms with E-state index in [0.29, 0.717) is 10.2 Å². The normalized spacial score (nSPS) is 10.4. The van der Waals surface area contributed by atoms with Crippen molar-refractivity contribution in [2.24, 2.45) is 0 Å². The molecule has 0 saturated carbocycles. The number of nitrogen functional groups attached to an aromatic ring is 1. The van der Waals surface area contributed by atoms with Gasteiger partial charge in [-0.15, -0.1) is 0 Å². The molecule has 2 aromatic rings. The van der Waals surface area contributed by atoms with Crippen molar-refractivity contribution in [3.05, 3.63) is 40.1 Å². The highest BCUT2D eigenvalue weighted by Gasteiger charge is 2.23. The van der Waals surface area contributed by atoms with Gasteiger partial charge in [-0.25, -0.2) is 4.79 Å². The average molecular weight is 386 g/mol. The molecule has 0 aliphatic carbocycles. The van der Waals surface area contributed by atoms with Crippen LogP contribution in [0, 0.1) is 11.3 Å². The lowest BCUT2D eigenvalue weighted by atomic mass is 10.2. The zero-order valence-corrected chi connectivity index (χ0v) is 13.3. The number of ether oxygens (including phenoxy) is 2. The fraction of sp³-hybridized carbons (Fsp3) is 0.143. The molecule has 23 heavy (non-hydrogen) atoms. The predicted molar refractivity (Wildman–Crippen MR) is 80.6 cm³/mol. The lowest BCUT2D eigenvalue weighted by Gasteiger charge is -2.12. The molecule has 1 aromatic heterocycles. The number of nitriles is 1. The Labute approximate surface area is 138 Å². The monoisotopic (exact) mass is 385 g/mol. The number of hydrogen-bond donors (Lipinski definition) is 1. The van der Waals surface area contributed by atoms with Crippen molar-refractivity contribution in [1.29, 1.82) is 5.26 Å². The van der Waals surface area contributed by atoms with E-state index in [0.717, 1.165) is 0 Å². The second-order valence-corrected chi connectivity index (χ2v) is 5.12. The first-order valence-corrected chi connectivity index (χ1v) is 6.92. The van der Waals surface area contributed by atoms with Crippen LogP contribution >= 0.6 is 15.9 Å². The van der Waals surface area contributed by atoms with Crippen LogP contribution in [-0.4, -0.2) is 24.3 Å². The summed E-state index contributed by atoms with van der Waals surface area (Å²) in [5, 5.41) is 9.06. The standard InChI is InChI=1S/C14H10BrF2N3O3/c1-22-13(21)12-11(19)7(5-18)6-20(12)10-3-2-8(4-9(10)15)23-14(16)17/h2-4,6,14H,19H2,1H3. The third kappa shape index (κ3) is 3.27. The molecule has 0 amide bonds. The molecule has 6 nitrogen and oxygen atoms in total. The molecule has 120 valence electrons. The number of rotatable bonds is 4. The van der Waals surface area contributed by atoms with Gasteiger partial charge in [0.15, 0.2) is 5.69 Å². The van der Waals surface area contributed by atoms with Gasteiger partial charge in [-0.1, -0.05) is 0 Å². The van der Waals surface area contributed by atoms with E-state index in [1.165, 1.54) is 36.1 Å². The SMILES string of the molecule is COC(=O)c1c(N)c(C#N)cn1-c1ccc(OC(F)F)cc1Br. The van der Waals surface area contributed by atoms with Gasteiger partial charge in [-0.05, 0) is 34.1 Å². The Morgan fingerprint density at radius 2 is 2.17 bits per heavy atom. The Morgan fingerprint density at radius 1 is 1.48 bits per heavy atom. The minimum atomic E-state index is -2.95. The first kappa shape index (κ1) is 16.8. The topological polar surface area (TPSA) is 90.3 Å². The van der Waals surface area contributed by atoms with Gasteiger partial charge in [-0.3, -0.25) is 0 Å². The summed E-state index contributed by atoms with van der Waals surface area (Å²) in [5.41, 5.74) is 6.22. The molecular weight excluding hydrogens is 376 g/mol. The molecule has 1 aromatic carbocycles. The maximum atomic E-state index is 12.2. The number of halogens is 3. The summed E-state index contributed by atoms with van der Waals surface area (Å²) >= 11 is 3.21. The number of nitrogens with two attached hydrogens (primary N) is 1. The Balaban J connectivity index is 2.58. The van der Waals surface area contributed by atoms with E-state index in [9.17, 15) is 13.6 Å². The molecular formula is C14H10BrF2N3O3. The molecule has 0 unspecified atom stereocenters. The third-order valence-electron chi connectivity index (χ3n) is 2.95. The second kappa shape index (κ2) is 6.66. The third-order valence-corrected chi connectivity index (χ3v) is 3.58. The fourth-order valence-electron chi connectivity index (χ4n) is 1.96. The minimum Gasteiger partial charge on any atom is -0.464 e. The maximum absolute atomic E-state index is 12.2. The Morgan fingerprint density at radius 3 is 2.70 bits per heavy atom. The van der Waals surface area contributed by atoms with Gasteiger partial charge in [0, 0.05) is 10.7 Å².